The number of ether oxygens (including phenoxy) is 1. The maximum Gasteiger partial charge on any atom is 0.413 e. The molecule has 2 saturated heterocycles. The lowest BCUT2D eigenvalue weighted by Gasteiger charge is -2.31. The molecule has 1 aromatic carbocycles. The molecule has 4 heterocycles. The van der Waals surface area contributed by atoms with Gasteiger partial charge in [-0.05, 0) is 109 Å². The first-order chi connectivity index (χ1) is 19.3. The monoisotopic (exact) mass is 594 g/mol. The first kappa shape index (κ1) is 29.6. The summed E-state index contributed by atoms with van der Waals surface area (Å²) in [6, 6.07) is 9.63. The summed E-state index contributed by atoms with van der Waals surface area (Å²) in [6.07, 6.45) is 3.75. The smallest absolute Gasteiger partial charge is 0.413 e. The van der Waals surface area contributed by atoms with Gasteiger partial charge in [-0.1, -0.05) is 24.1 Å². The van der Waals surface area contributed by atoms with Gasteiger partial charge in [0.15, 0.2) is 5.11 Å². The summed E-state index contributed by atoms with van der Waals surface area (Å²) in [6.45, 7) is 14.7. The van der Waals surface area contributed by atoms with E-state index in [4.69, 9.17) is 17.0 Å². The van der Waals surface area contributed by atoms with Crippen molar-refractivity contribution in [3.63, 3.8) is 0 Å². The quantitative estimate of drug-likeness (QED) is 0.255. The molecule has 0 saturated carbocycles. The van der Waals surface area contributed by atoms with Crippen molar-refractivity contribution in [2.45, 2.75) is 104 Å². The fourth-order valence-electron chi connectivity index (χ4n) is 6.57. The number of alkyl carbamates (subject to hydrolysis) is 1. The van der Waals surface area contributed by atoms with E-state index in [-0.39, 0.29) is 23.0 Å². The maximum atomic E-state index is 13.9. The van der Waals surface area contributed by atoms with Crippen LogP contribution in [-0.4, -0.2) is 51.7 Å². The zero-order valence-electron chi connectivity index (χ0n) is 25.1. The lowest BCUT2D eigenvalue weighted by molar-refractivity contribution is -0.137. The molecule has 3 N–H and O–H groups in total. The molecular formula is C32H42N4O3S2. The number of aromatic nitrogens is 1. The van der Waals surface area contributed by atoms with Crippen LogP contribution in [0.4, 0.5) is 4.79 Å². The molecule has 5 rings (SSSR count). The van der Waals surface area contributed by atoms with Gasteiger partial charge in [0, 0.05) is 34.8 Å². The number of hydrogen-bond donors (Lipinski definition) is 3. The summed E-state index contributed by atoms with van der Waals surface area (Å²) in [5.74, 6) is 0.304. The van der Waals surface area contributed by atoms with Crippen LogP contribution in [0.5, 0.6) is 0 Å². The number of aromatic amines is 1. The Morgan fingerprint density at radius 2 is 1.68 bits per heavy atom. The van der Waals surface area contributed by atoms with Crippen LogP contribution in [0.1, 0.15) is 87.8 Å². The zero-order chi connectivity index (χ0) is 29.6. The number of benzene rings is 1. The normalized spacial score (nSPS) is 19.2. The Bertz CT molecular complexity index is 1450. The number of carbonyl (C=O) groups excluding carboxylic acids is 2. The number of carbonyl (C=O) groups is 2. The van der Waals surface area contributed by atoms with E-state index in [1.54, 1.807) is 25.2 Å². The van der Waals surface area contributed by atoms with Gasteiger partial charge >= 0.3 is 6.09 Å². The van der Waals surface area contributed by atoms with Crippen molar-refractivity contribution in [1.82, 2.24) is 20.5 Å². The first-order valence-electron chi connectivity index (χ1n) is 14.7. The molecule has 2 aliphatic heterocycles. The number of thiophene rings is 1. The number of amides is 2. The molecular weight excluding hydrogens is 553 g/mol. The molecule has 220 valence electrons. The van der Waals surface area contributed by atoms with Crippen molar-refractivity contribution >= 4 is 50.9 Å². The predicted octanol–water partition coefficient (Wildman–Crippen LogP) is 7.06. The maximum absolute atomic E-state index is 13.9. The molecule has 0 aliphatic carbocycles. The third kappa shape index (κ3) is 5.89. The summed E-state index contributed by atoms with van der Waals surface area (Å²) in [5, 5.41) is 7.17. The minimum absolute atomic E-state index is 0.0520. The minimum atomic E-state index is -0.600. The summed E-state index contributed by atoms with van der Waals surface area (Å²) >= 11 is 7.06. The van der Waals surface area contributed by atoms with Crippen molar-refractivity contribution in [1.29, 1.82) is 0 Å². The second kappa shape index (κ2) is 11.4. The number of nitrogens with one attached hydrogen (secondary N) is 3. The van der Waals surface area contributed by atoms with Gasteiger partial charge in [0.1, 0.15) is 4.83 Å². The van der Waals surface area contributed by atoms with E-state index >= 15 is 0 Å². The van der Waals surface area contributed by atoms with Crippen LogP contribution in [0, 0.1) is 13.8 Å². The third-order valence-electron chi connectivity index (χ3n) is 8.50. The van der Waals surface area contributed by atoms with Gasteiger partial charge in [-0.2, -0.15) is 0 Å². The number of thiocarbonyl (C=S) groups is 1. The van der Waals surface area contributed by atoms with Crippen LogP contribution in [0.15, 0.2) is 24.3 Å². The molecule has 2 aliphatic rings. The Morgan fingerprint density at radius 1 is 1.07 bits per heavy atom. The van der Waals surface area contributed by atoms with Crippen molar-refractivity contribution in [2.24, 2.45) is 0 Å². The second-order valence-electron chi connectivity index (χ2n) is 12.6. The van der Waals surface area contributed by atoms with E-state index in [0.29, 0.717) is 18.6 Å². The average molecular weight is 595 g/mol. The molecule has 7 nitrogen and oxygen atoms in total. The lowest BCUT2D eigenvalue weighted by Crippen LogP contribution is -2.45. The molecule has 2 bridgehead atoms. The van der Waals surface area contributed by atoms with E-state index < -0.39 is 11.5 Å². The molecule has 9 heteroatoms. The molecule has 2 amide bonds. The molecule has 2 aromatic heterocycles. The summed E-state index contributed by atoms with van der Waals surface area (Å²) in [5.41, 5.74) is 5.21. The van der Waals surface area contributed by atoms with Crippen LogP contribution in [0.2, 0.25) is 0 Å². The van der Waals surface area contributed by atoms with Gasteiger partial charge in [-0.3, -0.25) is 10.1 Å². The number of H-pyrrole nitrogens is 1. The molecule has 0 spiro atoms. The Kier molecular flexibility index (Phi) is 8.23. The summed E-state index contributed by atoms with van der Waals surface area (Å²) in [7, 11) is 0. The zero-order valence-corrected chi connectivity index (χ0v) is 26.8. The van der Waals surface area contributed by atoms with Crippen molar-refractivity contribution in [3.05, 3.63) is 45.8 Å². The van der Waals surface area contributed by atoms with Gasteiger partial charge in [-0.25, -0.2) is 4.79 Å². The topological polar surface area (TPSA) is 86.5 Å². The highest BCUT2D eigenvalue weighted by Crippen LogP contribution is 2.45. The Morgan fingerprint density at radius 3 is 2.27 bits per heavy atom. The Labute approximate surface area is 252 Å². The van der Waals surface area contributed by atoms with Crippen LogP contribution in [0.3, 0.4) is 0 Å². The largest absolute Gasteiger partial charge is 0.447 e. The van der Waals surface area contributed by atoms with Crippen LogP contribution < -0.4 is 10.6 Å². The minimum Gasteiger partial charge on any atom is -0.447 e. The highest BCUT2D eigenvalue weighted by Gasteiger charge is 2.47. The Balaban J connectivity index is 1.46. The van der Waals surface area contributed by atoms with E-state index in [1.165, 1.54) is 16.7 Å². The van der Waals surface area contributed by atoms with Crippen LogP contribution in [-0.2, 0) is 14.9 Å². The Hall–Kier alpha value is -2.91. The molecule has 1 atom stereocenters. The number of hydrogen-bond acceptors (Lipinski definition) is 5. The standard InChI is InChI=1S/C32H42N4O3S2/c1-17(2)39-31(38)35-30(40)33-16-20(5)26-24-15-25(32(6,7)29(37)36-22-8-9-23(36)11-10-22)41-28(24)34-27(26)21-13-18(3)12-19(4)14-21/h12-15,17,20,22-23,34H,8-11,16H2,1-7H3,(H2,33,35,38,40)/t20-,22?,23?/m1/s1. The molecule has 41 heavy (non-hydrogen) atoms. The lowest BCUT2D eigenvalue weighted by atomic mass is 9.88. The van der Waals surface area contributed by atoms with E-state index in [1.807, 2.05) is 0 Å². The fourth-order valence-corrected chi connectivity index (χ4v) is 7.90. The molecule has 0 radical (unpaired) electrons. The van der Waals surface area contributed by atoms with Gasteiger partial charge in [0.25, 0.3) is 0 Å². The molecule has 0 unspecified atom stereocenters. The van der Waals surface area contributed by atoms with Crippen LogP contribution in [0.25, 0.3) is 21.5 Å². The van der Waals surface area contributed by atoms with Crippen LogP contribution >= 0.6 is 23.6 Å². The second-order valence-corrected chi connectivity index (χ2v) is 14.1. The highest BCUT2D eigenvalue weighted by molar-refractivity contribution is 7.80. The van der Waals surface area contributed by atoms with Gasteiger partial charge < -0.3 is 19.9 Å². The number of aryl methyl sites for hydroxylation is 2. The van der Waals surface area contributed by atoms with Crippen molar-refractivity contribution in [3.8, 4) is 11.3 Å². The van der Waals surface area contributed by atoms with Gasteiger partial charge in [0.05, 0.1) is 17.2 Å². The summed E-state index contributed by atoms with van der Waals surface area (Å²) in [4.78, 5) is 34.0. The fraction of sp³-hybridized carbons (Fsp3) is 0.531. The summed E-state index contributed by atoms with van der Waals surface area (Å²) < 4.78 is 5.15. The van der Waals surface area contributed by atoms with E-state index in [0.717, 1.165) is 52.0 Å². The average Bonchev–Trinajstić information content (AvgIpc) is 3.65. The molecule has 3 aromatic rings. The number of nitrogens with zero attached hydrogens (tertiary/aromatic N) is 1. The molecule has 2 fully saturated rings. The SMILES string of the molecule is Cc1cc(C)cc(-c2[nH]c3sc(C(C)(C)C(=O)N4C5CCC4CC5)cc3c2[C@H](C)CNC(=S)NC(=O)OC(C)C)c1. The van der Waals surface area contributed by atoms with Gasteiger partial charge in [0.2, 0.25) is 5.91 Å². The highest BCUT2D eigenvalue weighted by atomic mass is 32.1. The van der Waals surface area contributed by atoms with Crippen molar-refractivity contribution in [2.75, 3.05) is 6.54 Å². The number of fused-ring (bicyclic) bond motifs is 3. The predicted molar refractivity (Wildman–Crippen MR) is 171 cm³/mol. The van der Waals surface area contributed by atoms with E-state index in [2.05, 4.69) is 79.4 Å². The first-order valence-corrected chi connectivity index (χ1v) is 15.9. The van der Waals surface area contributed by atoms with E-state index in [9.17, 15) is 9.59 Å². The third-order valence-corrected chi connectivity index (χ3v) is 10.1. The number of rotatable bonds is 7. The van der Waals surface area contributed by atoms with Crippen molar-refractivity contribution < 1.29 is 14.3 Å². The van der Waals surface area contributed by atoms with Gasteiger partial charge in [-0.15, -0.1) is 11.3 Å².